The normalized spacial score (nSPS) is 11.7. The average Bonchev–Trinajstić information content (AvgIpc) is 2.88. The summed E-state index contributed by atoms with van der Waals surface area (Å²) >= 11 is 0. The molecule has 0 fully saturated rings. The van der Waals surface area contributed by atoms with Crippen LogP contribution < -0.4 is 5.43 Å². The molecule has 7 heteroatoms. The summed E-state index contributed by atoms with van der Waals surface area (Å²) in [5, 5.41) is 23.2. The molecule has 0 atom stereocenters. The van der Waals surface area contributed by atoms with Crippen LogP contribution in [0.15, 0.2) is 47.7 Å². The summed E-state index contributed by atoms with van der Waals surface area (Å²) in [5.74, 6) is -0.560. The lowest BCUT2D eigenvalue weighted by atomic mass is 10.1. The smallest absolute Gasteiger partial charge is 0.290 e. The number of rotatable bonds is 3. The van der Waals surface area contributed by atoms with E-state index in [1.807, 2.05) is 18.2 Å². The van der Waals surface area contributed by atoms with Gasteiger partial charge in [-0.05, 0) is 38.1 Å². The third kappa shape index (κ3) is 2.79. The number of hydrazone groups is 1. The van der Waals surface area contributed by atoms with E-state index in [0.717, 1.165) is 0 Å². The van der Waals surface area contributed by atoms with Crippen LogP contribution in [0.3, 0.4) is 0 Å². The lowest BCUT2D eigenvalue weighted by molar-refractivity contribution is 0.0948. The van der Waals surface area contributed by atoms with Crippen molar-refractivity contribution in [3.63, 3.8) is 0 Å². The maximum atomic E-state index is 12.4. The number of hydrogen-bond acceptors (Lipinski definition) is 5. The van der Waals surface area contributed by atoms with Gasteiger partial charge in [-0.1, -0.05) is 6.07 Å². The fourth-order valence-electron chi connectivity index (χ4n) is 2.46. The van der Waals surface area contributed by atoms with Crippen molar-refractivity contribution in [1.82, 2.24) is 14.8 Å². The van der Waals surface area contributed by atoms with Crippen LogP contribution >= 0.6 is 0 Å². The van der Waals surface area contributed by atoms with E-state index >= 15 is 0 Å². The minimum Gasteiger partial charge on any atom is -0.508 e. The molecule has 0 saturated carbocycles. The largest absolute Gasteiger partial charge is 0.508 e. The Balaban J connectivity index is 1.87. The van der Waals surface area contributed by atoms with E-state index in [9.17, 15) is 15.0 Å². The van der Waals surface area contributed by atoms with Crippen LogP contribution in [0.4, 0.5) is 0 Å². The first-order valence-corrected chi connectivity index (χ1v) is 7.28. The molecule has 3 aromatic rings. The number of nitrogens with one attached hydrogen (secondary N) is 1. The summed E-state index contributed by atoms with van der Waals surface area (Å²) in [6.07, 6.45) is 1.76. The first kappa shape index (κ1) is 15.5. The highest BCUT2D eigenvalue weighted by Crippen LogP contribution is 2.23. The topological polar surface area (TPSA) is 99.2 Å². The number of aromatic nitrogens is 2. The Bertz CT molecular complexity index is 960. The maximum Gasteiger partial charge on any atom is 0.290 e. The number of aromatic hydroxyl groups is 2. The molecule has 2 aromatic heterocycles. The van der Waals surface area contributed by atoms with Gasteiger partial charge >= 0.3 is 0 Å². The minimum absolute atomic E-state index is 0.0468. The number of fused-ring (bicyclic) bond motifs is 1. The molecule has 0 unspecified atom stereocenters. The van der Waals surface area contributed by atoms with Crippen molar-refractivity contribution in [2.75, 3.05) is 0 Å². The molecule has 0 aliphatic rings. The number of aryl methyl sites for hydroxylation is 1. The zero-order chi connectivity index (χ0) is 17.3. The van der Waals surface area contributed by atoms with E-state index in [2.05, 4.69) is 15.5 Å². The van der Waals surface area contributed by atoms with E-state index in [4.69, 9.17) is 0 Å². The van der Waals surface area contributed by atoms with Crippen molar-refractivity contribution in [3.8, 4) is 11.5 Å². The highest BCUT2D eigenvalue weighted by atomic mass is 16.3. The summed E-state index contributed by atoms with van der Waals surface area (Å²) in [5.41, 5.74) is 4.98. The summed E-state index contributed by atoms with van der Waals surface area (Å²) < 4.78 is 1.69. The molecule has 7 nitrogen and oxygen atoms in total. The third-order valence-electron chi connectivity index (χ3n) is 3.62. The monoisotopic (exact) mass is 324 g/mol. The Hall–Kier alpha value is -3.35. The van der Waals surface area contributed by atoms with Crippen LogP contribution in [-0.2, 0) is 0 Å². The Morgan fingerprint density at radius 3 is 2.79 bits per heavy atom. The summed E-state index contributed by atoms with van der Waals surface area (Å²) in [6.45, 7) is 3.40. The summed E-state index contributed by atoms with van der Waals surface area (Å²) in [7, 11) is 0. The Kier molecular flexibility index (Phi) is 3.91. The zero-order valence-corrected chi connectivity index (χ0v) is 13.2. The molecule has 0 bridgehead atoms. The molecule has 1 aromatic carbocycles. The van der Waals surface area contributed by atoms with E-state index in [-0.39, 0.29) is 11.5 Å². The number of imidazole rings is 1. The second-order valence-electron chi connectivity index (χ2n) is 5.31. The van der Waals surface area contributed by atoms with Crippen LogP contribution in [0, 0.1) is 6.92 Å². The molecule has 2 heterocycles. The quantitative estimate of drug-likeness (QED) is 0.508. The number of nitrogens with zero attached hydrogens (tertiary/aromatic N) is 3. The fourth-order valence-corrected chi connectivity index (χ4v) is 2.46. The molecule has 0 radical (unpaired) electrons. The predicted octanol–water partition coefficient (Wildman–Crippen LogP) is 2.21. The predicted molar refractivity (Wildman–Crippen MR) is 89.4 cm³/mol. The second-order valence-corrected chi connectivity index (χ2v) is 5.31. The number of hydrogen-bond donors (Lipinski definition) is 3. The number of phenols is 2. The van der Waals surface area contributed by atoms with Gasteiger partial charge in [0.1, 0.15) is 22.8 Å². The van der Waals surface area contributed by atoms with Gasteiger partial charge in [-0.2, -0.15) is 5.10 Å². The highest BCUT2D eigenvalue weighted by molar-refractivity contribution is 6.02. The van der Waals surface area contributed by atoms with Gasteiger partial charge in [0.25, 0.3) is 5.91 Å². The van der Waals surface area contributed by atoms with Crippen LogP contribution in [-0.4, -0.2) is 31.2 Å². The molecule has 0 saturated heterocycles. The molecule has 1 amide bonds. The van der Waals surface area contributed by atoms with E-state index < -0.39 is 5.91 Å². The lowest BCUT2D eigenvalue weighted by Gasteiger charge is -2.06. The standard InChI is InChI=1S/C17H16N4O3/c1-10(13-7-6-12(22)9-14(13)23)19-20-17(24)16-11(2)18-15-5-3-4-8-21(15)16/h3-9,22-23H,1-2H3,(H,20,24)/b19-10+. The van der Waals surface area contributed by atoms with Crippen molar-refractivity contribution >= 4 is 17.3 Å². The van der Waals surface area contributed by atoms with Crippen molar-refractivity contribution in [2.24, 2.45) is 5.10 Å². The van der Waals surface area contributed by atoms with Gasteiger partial charge in [0.15, 0.2) is 0 Å². The van der Waals surface area contributed by atoms with Crippen molar-refractivity contribution in [1.29, 1.82) is 0 Å². The van der Waals surface area contributed by atoms with E-state index in [1.54, 1.807) is 24.4 Å². The molecule has 3 N–H and O–H groups in total. The first-order chi connectivity index (χ1) is 11.5. The van der Waals surface area contributed by atoms with Crippen molar-refractivity contribution < 1.29 is 15.0 Å². The SMILES string of the molecule is C/C(=N\NC(=O)c1c(C)nc2ccccn12)c1ccc(O)cc1O. The van der Waals surface area contributed by atoms with Gasteiger partial charge in [-0.25, -0.2) is 10.4 Å². The Morgan fingerprint density at radius 1 is 1.25 bits per heavy atom. The van der Waals surface area contributed by atoms with Gasteiger partial charge in [-0.3, -0.25) is 9.20 Å². The van der Waals surface area contributed by atoms with Crippen molar-refractivity contribution in [2.45, 2.75) is 13.8 Å². The number of pyridine rings is 1. The van der Waals surface area contributed by atoms with Crippen LogP contribution in [0.5, 0.6) is 11.5 Å². The van der Waals surface area contributed by atoms with Gasteiger partial charge in [0, 0.05) is 17.8 Å². The molecular formula is C17H16N4O3. The molecule has 0 spiro atoms. The van der Waals surface area contributed by atoms with Gasteiger partial charge in [0.05, 0.1) is 11.4 Å². The van der Waals surface area contributed by atoms with Crippen molar-refractivity contribution in [3.05, 3.63) is 59.5 Å². The van der Waals surface area contributed by atoms with Gasteiger partial charge in [-0.15, -0.1) is 0 Å². The number of phenolic OH excluding ortho intramolecular Hbond substituents is 2. The molecule has 24 heavy (non-hydrogen) atoms. The molecule has 122 valence electrons. The minimum atomic E-state index is -0.399. The lowest BCUT2D eigenvalue weighted by Crippen LogP contribution is -2.21. The van der Waals surface area contributed by atoms with E-state index in [1.165, 1.54) is 18.2 Å². The first-order valence-electron chi connectivity index (χ1n) is 7.28. The maximum absolute atomic E-state index is 12.4. The molecule has 0 aliphatic heterocycles. The van der Waals surface area contributed by atoms with Crippen LogP contribution in [0.1, 0.15) is 28.7 Å². The number of carbonyl (C=O) groups excluding carboxylic acids is 1. The van der Waals surface area contributed by atoms with Crippen LogP contribution in [0.25, 0.3) is 5.65 Å². The number of carbonyl (C=O) groups is 1. The number of amides is 1. The zero-order valence-electron chi connectivity index (χ0n) is 13.2. The summed E-state index contributed by atoms with van der Waals surface area (Å²) in [6, 6.07) is 9.64. The third-order valence-corrected chi connectivity index (χ3v) is 3.62. The molecule has 0 aliphatic carbocycles. The molecule has 3 rings (SSSR count). The van der Waals surface area contributed by atoms with Gasteiger partial charge in [0.2, 0.25) is 0 Å². The average molecular weight is 324 g/mol. The fraction of sp³-hybridized carbons (Fsp3) is 0.118. The van der Waals surface area contributed by atoms with E-state index in [0.29, 0.717) is 28.3 Å². The summed E-state index contributed by atoms with van der Waals surface area (Å²) in [4.78, 5) is 16.8. The van der Waals surface area contributed by atoms with Gasteiger partial charge < -0.3 is 10.2 Å². The number of benzene rings is 1. The highest BCUT2D eigenvalue weighted by Gasteiger charge is 2.16. The second kappa shape index (κ2) is 6.04. The Morgan fingerprint density at radius 2 is 2.04 bits per heavy atom. The van der Waals surface area contributed by atoms with Crippen LogP contribution in [0.2, 0.25) is 0 Å². The Labute approximate surface area is 137 Å². The molecular weight excluding hydrogens is 308 g/mol.